The number of pyridine rings is 1. The van der Waals surface area contributed by atoms with Crippen molar-refractivity contribution in [1.29, 1.82) is 0 Å². The molecule has 0 saturated carbocycles. The smallest absolute Gasteiger partial charge is 0.273 e. The van der Waals surface area contributed by atoms with Crippen LogP contribution in [0.1, 0.15) is 17.0 Å². The minimum absolute atomic E-state index is 0.0584. The van der Waals surface area contributed by atoms with Gasteiger partial charge in [0.15, 0.2) is 0 Å². The van der Waals surface area contributed by atoms with Crippen molar-refractivity contribution in [2.75, 3.05) is 17.3 Å². The first-order valence-corrected chi connectivity index (χ1v) is 9.35. The summed E-state index contributed by atoms with van der Waals surface area (Å²) in [5, 5.41) is 7.47. The van der Waals surface area contributed by atoms with E-state index in [1.54, 1.807) is 18.3 Å². The predicted molar refractivity (Wildman–Crippen MR) is 90.4 cm³/mol. The maximum absolute atomic E-state index is 12.4. The number of sulfone groups is 1. The van der Waals surface area contributed by atoms with Gasteiger partial charge in [-0.1, -0.05) is 0 Å². The summed E-state index contributed by atoms with van der Waals surface area (Å²) in [6, 6.07) is 3.43. The minimum atomic E-state index is -3.11. The van der Waals surface area contributed by atoms with Gasteiger partial charge in [-0.15, -0.1) is 0 Å². The molecule has 8 heteroatoms. The third kappa shape index (κ3) is 4.22. The van der Waals surface area contributed by atoms with E-state index in [4.69, 9.17) is 0 Å². The molecule has 0 aliphatic rings. The van der Waals surface area contributed by atoms with Crippen molar-refractivity contribution in [2.24, 2.45) is 7.05 Å². The Morgan fingerprint density at radius 2 is 2.00 bits per heavy atom. The highest BCUT2D eigenvalue weighted by Gasteiger charge is 2.11. The molecule has 2 heterocycles. The lowest BCUT2D eigenvalue weighted by Crippen LogP contribution is -2.25. The van der Waals surface area contributed by atoms with Crippen LogP contribution in [0, 0.1) is 13.8 Å². The fourth-order valence-corrected chi connectivity index (χ4v) is 2.90. The Morgan fingerprint density at radius 1 is 1.30 bits per heavy atom. The summed E-state index contributed by atoms with van der Waals surface area (Å²) in [7, 11) is -1.23. The fourth-order valence-electron chi connectivity index (χ4n) is 2.37. The number of hydrogen-bond donors (Lipinski definition) is 1. The Balaban J connectivity index is 2.16. The van der Waals surface area contributed by atoms with Crippen molar-refractivity contribution in [2.45, 2.75) is 26.9 Å². The summed E-state index contributed by atoms with van der Waals surface area (Å²) in [4.78, 5) is 12.4. The molecule has 0 spiro atoms. The molecule has 0 aliphatic carbocycles. The van der Waals surface area contributed by atoms with Gasteiger partial charge in [0.05, 0.1) is 11.4 Å². The van der Waals surface area contributed by atoms with E-state index in [1.807, 2.05) is 25.6 Å². The van der Waals surface area contributed by atoms with E-state index in [0.717, 1.165) is 23.2 Å². The van der Waals surface area contributed by atoms with Gasteiger partial charge in [0, 0.05) is 43.8 Å². The van der Waals surface area contributed by atoms with Gasteiger partial charge < -0.3 is 9.88 Å². The van der Waals surface area contributed by atoms with Gasteiger partial charge in [0.25, 0.3) is 5.56 Å². The van der Waals surface area contributed by atoms with E-state index in [9.17, 15) is 13.2 Å². The summed E-state index contributed by atoms with van der Waals surface area (Å²) in [6.45, 7) is 4.56. The first-order chi connectivity index (χ1) is 10.7. The molecule has 126 valence electrons. The van der Waals surface area contributed by atoms with Crippen LogP contribution < -0.4 is 10.9 Å². The molecule has 0 fully saturated rings. The van der Waals surface area contributed by atoms with E-state index in [2.05, 4.69) is 10.4 Å². The second kappa shape index (κ2) is 6.57. The summed E-state index contributed by atoms with van der Waals surface area (Å²) < 4.78 is 25.7. The van der Waals surface area contributed by atoms with E-state index in [0.29, 0.717) is 12.2 Å². The Hall–Kier alpha value is -2.09. The summed E-state index contributed by atoms with van der Waals surface area (Å²) in [6.07, 6.45) is 2.76. The summed E-state index contributed by atoms with van der Waals surface area (Å²) >= 11 is 0. The molecule has 0 radical (unpaired) electrons. The van der Waals surface area contributed by atoms with E-state index in [1.165, 1.54) is 4.57 Å². The van der Waals surface area contributed by atoms with Gasteiger partial charge in [-0.3, -0.25) is 9.48 Å². The fraction of sp³-hybridized carbons (Fsp3) is 0.467. The zero-order valence-electron chi connectivity index (χ0n) is 13.8. The number of hydrogen-bond acceptors (Lipinski definition) is 5. The average Bonchev–Trinajstić information content (AvgIpc) is 2.69. The van der Waals surface area contributed by atoms with Crippen LogP contribution in [0.3, 0.4) is 0 Å². The van der Waals surface area contributed by atoms with Crippen molar-refractivity contribution < 1.29 is 8.42 Å². The predicted octanol–water partition coefficient (Wildman–Crippen LogP) is 0.855. The lowest BCUT2D eigenvalue weighted by Gasteiger charge is -2.10. The zero-order valence-corrected chi connectivity index (χ0v) is 14.6. The van der Waals surface area contributed by atoms with Crippen molar-refractivity contribution in [1.82, 2.24) is 14.3 Å². The average molecular weight is 338 g/mol. The molecule has 2 aromatic rings. The van der Waals surface area contributed by atoms with E-state index >= 15 is 0 Å². The molecule has 0 aromatic carbocycles. The van der Waals surface area contributed by atoms with Crippen LogP contribution in [0.5, 0.6) is 0 Å². The first kappa shape index (κ1) is 17.3. The van der Waals surface area contributed by atoms with Crippen molar-refractivity contribution >= 4 is 15.5 Å². The standard InChI is InChI=1S/C15H22N4O3S/c1-11-13(12(2)18(3)17-11)10-16-14-6-5-7-19(15(14)20)8-9-23(4,21)22/h5-7,16H,8-10H2,1-4H3. The molecule has 2 rings (SSSR count). The van der Waals surface area contributed by atoms with Gasteiger partial charge in [0.2, 0.25) is 0 Å². The minimum Gasteiger partial charge on any atom is -0.376 e. The Kier molecular flexibility index (Phi) is 4.93. The topological polar surface area (TPSA) is 86.0 Å². The van der Waals surface area contributed by atoms with Crippen LogP contribution in [0.4, 0.5) is 5.69 Å². The Morgan fingerprint density at radius 3 is 2.57 bits per heavy atom. The Labute approximate surface area is 135 Å². The second-order valence-electron chi connectivity index (χ2n) is 5.68. The molecule has 0 amide bonds. The highest BCUT2D eigenvalue weighted by molar-refractivity contribution is 7.90. The number of anilines is 1. The summed E-state index contributed by atoms with van der Waals surface area (Å²) in [5.74, 6) is -0.0584. The molecule has 2 aromatic heterocycles. The van der Waals surface area contributed by atoms with Gasteiger partial charge in [-0.05, 0) is 26.0 Å². The third-order valence-electron chi connectivity index (χ3n) is 3.84. The van der Waals surface area contributed by atoms with Gasteiger partial charge in [-0.25, -0.2) is 8.42 Å². The molecular weight excluding hydrogens is 316 g/mol. The monoisotopic (exact) mass is 338 g/mol. The number of aryl methyl sites for hydroxylation is 3. The second-order valence-corrected chi connectivity index (χ2v) is 7.94. The van der Waals surface area contributed by atoms with E-state index in [-0.39, 0.29) is 17.9 Å². The lowest BCUT2D eigenvalue weighted by molar-refractivity contribution is 0.593. The van der Waals surface area contributed by atoms with Crippen molar-refractivity contribution in [3.63, 3.8) is 0 Å². The van der Waals surface area contributed by atoms with Crippen molar-refractivity contribution in [3.8, 4) is 0 Å². The highest BCUT2D eigenvalue weighted by atomic mass is 32.2. The SMILES string of the molecule is Cc1nn(C)c(C)c1CNc1cccn(CCS(C)(=O)=O)c1=O. The molecule has 23 heavy (non-hydrogen) atoms. The summed E-state index contributed by atoms with van der Waals surface area (Å²) in [5.41, 5.74) is 3.24. The quantitative estimate of drug-likeness (QED) is 0.844. The van der Waals surface area contributed by atoms with Crippen LogP contribution in [0.2, 0.25) is 0 Å². The molecular formula is C15H22N4O3S. The normalized spacial score (nSPS) is 11.7. The number of nitrogens with one attached hydrogen (secondary N) is 1. The lowest BCUT2D eigenvalue weighted by atomic mass is 10.2. The van der Waals surface area contributed by atoms with Crippen LogP contribution in [-0.2, 0) is 30.0 Å². The van der Waals surface area contributed by atoms with Gasteiger partial charge >= 0.3 is 0 Å². The molecule has 0 atom stereocenters. The molecule has 1 N–H and O–H groups in total. The molecule has 0 saturated heterocycles. The number of nitrogens with zero attached hydrogens (tertiary/aromatic N) is 3. The van der Waals surface area contributed by atoms with Gasteiger partial charge in [0.1, 0.15) is 15.5 Å². The number of rotatable bonds is 6. The van der Waals surface area contributed by atoms with Crippen LogP contribution in [-0.4, -0.2) is 34.8 Å². The molecule has 0 bridgehead atoms. The van der Waals surface area contributed by atoms with Crippen LogP contribution in [0.15, 0.2) is 23.1 Å². The third-order valence-corrected chi connectivity index (χ3v) is 4.76. The molecule has 0 unspecified atom stereocenters. The van der Waals surface area contributed by atoms with Crippen LogP contribution in [0.25, 0.3) is 0 Å². The van der Waals surface area contributed by atoms with Crippen LogP contribution >= 0.6 is 0 Å². The zero-order chi connectivity index (χ0) is 17.2. The Bertz CT molecular complexity index is 865. The largest absolute Gasteiger partial charge is 0.376 e. The maximum Gasteiger partial charge on any atom is 0.273 e. The maximum atomic E-state index is 12.4. The molecule has 0 aliphatic heterocycles. The number of aromatic nitrogens is 3. The first-order valence-electron chi connectivity index (χ1n) is 7.29. The van der Waals surface area contributed by atoms with Gasteiger partial charge in [-0.2, -0.15) is 5.10 Å². The highest BCUT2D eigenvalue weighted by Crippen LogP contribution is 2.13. The van der Waals surface area contributed by atoms with E-state index < -0.39 is 9.84 Å². The molecule has 7 nitrogen and oxygen atoms in total. The van der Waals surface area contributed by atoms with Crippen molar-refractivity contribution in [3.05, 3.63) is 45.6 Å².